The van der Waals surface area contributed by atoms with E-state index in [1.807, 2.05) is 66.9 Å². The number of carbonyl (C=O) groups excluding carboxylic acids is 2. The van der Waals surface area contributed by atoms with Crippen LogP contribution in [0.5, 0.6) is 0 Å². The molecule has 35 heavy (non-hydrogen) atoms. The average molecular weight is 488 g/mol. The Morgan fingerprint density at radius 2 is 1.71 bits per heavy atom. The molecule has 1 aromatic heterocycles. The minimum absolute atomic E-state index is 0.0549. The number of benzene rings is 2. The molecule has 1 heterocycles. The van der Waals surface area contributed by atoms with Crippen LogP contribution >= 0.6 is 11.3 Å². The highest BCUT2D eigenvalue weighted by molar-refractivity contribution is 7.15. The van der Waals surface area contributed by atoms with Crippen molar-refractivity contribution >= 4 is 40.0 Å². The van der Waals surface area contributed by atoms with E-state index in [1.165, 1.54) is 11.3 Å². The Morgan fingerprint density at radius 3 is 2.29 bits per heavy atom. The lowest BCUT2D eigenvalue weighted by atomic mass is 10.0. The number of esters is 1. The minimum Gasteiger partial charge on any atom is -0.462 e. The quantitative estimate of drug-likeness (QED) is 0.218. The van der Waals surface area contributed by atoms with Crippen molar-refractivity contribution in [1.82, 2.24) is 0 Å². The number of nitrogens with one attached hydrogen (secondary N) is 1. The van der Waals surface area contributed by atoms with Gasteiger partial charge in [-0.05, 0) is 57.0 Å². The van der Waals surface area contributed by atoms with Crippen LogP contribution in [-0.2, 0) is 9.53 Å². The second-order valence-electron chi connectivity index (χ2n) is 7.83. The van der Waals surface area contributed by atoms with Crippen LogP contribution in [0.15, 0.2) is 59.5 Å². The minimum atomic E-state index is -0.580. The summed E-state index contributed by atoms with van der Waals surface area (Å²) in [6.07, 6.45) is 1.54. The molecule has 0 atom stereocenters. The zero-order valence-electron chi connectivity index (χ0n) is 20.4. The van der Waals surface area contributed by atoms with E-state index in [-0.39, 0.29) is 17.7 Å². The van der Waals surface area contributed by atoms with Gasteiger partial charge in [-0.15, -0.1) is 11.3 Å². The molecule has 0 aliphatic carbocycles. The van der Waals surface area contributed by atoms with Gasteiger partial charge >= 0.3 is 5.97 Å². The lowest BCUT2D eigenvalue weighted by Crippen LogP contribution is -2.21. The summed E-state index contributed by atoms with van der Waals surface area (Å²) in [6.45, 7) is 9.90. The number of aryl methyl sites for hydroxylation is 1. The van der Waals surface area contributed by atoms with Gasteiger partial charge in [0.15, 0.2) is 0 Å². The highest BCUT2D eigenvalue weighted by atomic mass is 32.1. The Hall–Kier alpha value is -3.89. The van der Waals surface area contributed by atoms with E-state index >= 15 is 0 Å². The van der Waals surface area contributed by atoms with Gasteiger partial charge in [0, 0.05) is 29.7 Å². The summed E-state index contributed by atoms with van der Waals surface area (Å²) in [5.41, 5.74) is 4.68. The fourth-order valence-electron chi connectivity index (χ4n) is 3.66. The molecule has 0 unspecified atom stereocenters. The first-order valence-corrected chi connectivity index (χ1v) is 12.4. The number of hydrogen-bond acceptors (Lipinski definition) is 6. The van der Waals surface area contributed by atoms with Gasteiger partial charge < -0.3 is 15.0 Å². The largest absolute Gasteiger partial charge is 0.462 e. The molecule has 0 fully saturated rings. The third-order valence-corrected chi connectivity index (χ3v) is 6.45. The molecular formula is C28H29N3O3S. The monoisotopic (exact) mass is 487 g/mol. The first kappa shape index (κ1) is 25.7. The van der Waals surface area contributed by atoms with Crippen molar-refractivity contribution in [3.05, 3.63) is 76.2 Å². The topological polar surface area (TPSA) is 82.4 Å². The number of amides is 1. The van der Waals surface area contributed by atoms with Crippen molar-refractivity contribution in [2.24, 2.45) is 0 Å². The number of thiophene rings is 1. The van der Waals surface area contributed by atoms with Crippen molar-refractivity contribution in [3.63, 3.8) is 0 Å². The predicted octanol–water partition coefficient (Wildman–Crippen LogP) is 6.29. The van der Waals surface area contributed by atoms with E-state index < -0.39 is 11.9 Å². The van der Waals surface area contributed by atoms with E-state index in [4.69, 9.17) is 4.74 Å². The van der Waals surface area contributed by atoms with E-state index in [0.29, 0.717) is 10.6 Å². The van der Waals surface area contributed by atoms with Crippen molar-refractivity contribution < 1.29 is 14.3 Å². The summed E-state index contributed by atoms with van der Waals surface area (Å²) in [5, 5.41) is 14.6. The number of ether oxygens (including phenoxy) is 1. The van der Waals surface area contributed by atoms with Gasteiger partial charge in [0.25, 0.3) is 5.91 Å². The normalized spacial score (nSPS) is 11.0. The van der Waals surface area contributed by atoms with Gasteiger partial charge in [0.2, 0.25) is 0 Å². The van der Waals surface area contributed by atoms with Gasteiger partial charge in [-0.2, -0.15) is 5.26 Å². The van der Waals surface area contributed by atoms with Crippen LogP contribution < -0.4 is 10.2 Å². The van der Waals surface area contributed by atoms with Crippen LogP contribution in [0.4, 0.5) is 10.7 Å². The first-order valence-electron chi connectivity index (χ1n) is 11.6. The van der Waals surface area contributed by atoms with Crippen LogP contribution in [0.3, 0.4) is 0 Å². The molecule has 0 saturated heterocycles. The molecule has 0 aliphatic heterocycles. The van der Waals surface area contributed by atoms with E-state index in [2.05, 4.69) is 24.1 Å². The van der Waals surface area contributed by atoms with E-state index in [9.17, 15) is 14.9 Å². The van der Waals surface area contributed by atoms with Gasteiger partial charge in [0.05, 0.1) is 6.61 Å². The summed E-state index contributed by atoms with van der Waals surface area (Å²) in [7, 11) is 0. The van der Waals surface area contributed by atoms with Crippen LogP contribution in [0, 0.1) is 18.3 Å². The highest BCUT2D eigenvalue weighted by Crippen LogP contribution is 2.36. The SMILES string of the molecule is CCOC(=O)c1c(-c2ccc(C)cc2)csc1NC(=O)/C(C#N)=C\c1ccc(N(CC)CC)cc1. The molecule has 3 rings (SSSR count). The summed E-state index contributed by atoms with van der Waals surface area (Å²) in [4.78, 5) is 28.0. The van der Waals surface area contributed by atoms with E-state index in [0.717, 1.165) is 35.5 Å². The van der Waals surface area contributed by atoms with Crippen molar-refractivity contribution in [3.8, 4) is 17.2 Å². The molecule has 6 nitrogen and oxygen atoms in total. The maximum Gasteiger partial charge on any atom is 0.341 e. The van der Waals surface area contributed by atoms with Crippen molar-refractivity contribution in [1.29, 1.82) is 5.26 Å². The van der Waals surface area contributed by atoms with Crippen molar-refractivity contribution in [2.75, 3.05) is 29.9 Å². The predicted molar refractivity (Wildman–Crippen MR) is 143 cm³/mol. The third kappa shape index (κ3) is 6.17. The third-order valence-electron chi connectivity index (χ3n) is 5.56. The molecule has 0 radical (unpaired) electrons. The molecule has 2 aromatic carbocycles. The van der Waals surface area contributed by atoms with Gasteiger partial charge in [-0.25, -0.2) is 4.79 Å². The molecule has 180 valence electrons. The summed E-state index contributed by atoms with van der Waals surface area (Å²) < 4.78 is 5.26. The molecule has 1 amide bonds. The smallest absolute Gasteiger partial charge is 0.341 e. The first-order chi connectivity index (χ1) is 16.9. The summed E-state index contributed by atoms with van der Waals surface area (Å²) in [6, 6.07) is 17.4. The standard InChI is InChI=1S/C28H29N3O3S/c1-5-31(6-2)23-14-10-20(11-15-23)16-22(17-29)26(32)30-27-25(28(33)34-7-3)24(18-35-27)21-12-8-19(4)9-13-21/h8-16,18H,5-7H2,1-4H3,(H,30,32)/b22-16-. The molecule has 7 heteroatoms. The van der Waals surface area contributed by atoms with Crippen LogP contribution in [0.2, 0.25) is 0 Å². The number of nitriles is 1. The van der Waals surface area contributed by atoms with Gasteiger partial charge in [-0.3, -0.25) is 4.79 Å². The number of hydrogen-bond donors (Lipinski definition) is 1. The van der Waals surface area contributed by atoms with Gasteiger partial charge in [-0.1, -0.05) is 42.0 Å². The van der Waals surface area contributed by atoms with Crippen LogP contribution in [0.25, 0.3) is 17.2 Å². The zero-order chi connectivity index (χ0) is 25.4. The number of anilines is 2. The summed E-state index contributed by atoms with van der Waals surface area (Å²) in [5.74, 6) is -1.10. The van der Waals surface area contributed by atoms with Crippen LogP contribution in [-0.4, -0.2) is 31.6 Å². The lowest BCUT2D eigenvalue weighted by molar-refractivity contribution is -0.112. The number of rotatable bonds is 9. The zero-order valence-corrected chi connectivity index (χ0v) is 21.2. The lowest BCUT2D eigenvalue weighted by Gasteiger charge is -2.20. The van der Waals surface area contributed by atoms with Crippen LogP contribution in [0.1, 0.15) is 42.3 Å². The Labute approximate surface area is 210 Å². The second-order valence-corrected chi connectivity index (χ2v) is 8.71. The maximum absolute atomic E-state index is 13.0. The fourth-order valence-corrected chi connectivity index (χ4v) is 4.61. The number of carbonyl (C=O) groups is 2. The van der Waals surface area contributed by atoms with E-state index in [1.54, 1.807) is 13.0 Å². The van der Waals surface area contributed by atoms with Gasteiger partial charge in [0.1, 0.15) is 22.2 Å². The Bertz CT molecular complexity index is 1250. The molecule has 3 aromatic rings. The average Bonchev–Trinajstić information content (AvgIpc) is 3.28. The Balaban J connectivity index is 1.89. The maximum atomic E-state index is 13.0. The highest BCUT2D eigenvalue weighted by Gasteiger charge is 2.23. The molecule has 0 aliphatic rings. The summed E-state index contributed by atoms with van der Waals surface area (Å²) >= 11 is 1.23. The molecule has 0 spiro atoms. The van der Waals surface area contributed by atoms with Crippen molar-refractivity contribution in [2.45, 2.75) is 27.7 Å². The number of nitrogens with zero attached hydrogens (tertiary/aromatic N) is 2. The molecule has 0 saturated carbocycles. The Morgan fingerprint density at radius 1 is 1.06 bits per heavy atom. The molecule has 1 N–H and O–H groups in total. The second kappa shape index (κ2) is 12.0. The molecular weight excluding hydrogens is 458 g/mol. The Kier molecular flexibility index (Phi) is 8.82. The fraction of sp³-hybridized carbons (Fsp3) is 0.250. The molecule has 0 bridgehead atoms.